The van der Waals surface area contributed by atoms with E-state index in [1.807, 2.05) is 13.8 Å². The van der Waals surface area contributed by atoms with Crippen LogP contribution in [0.3, 0.4) is 0 Å². The first-order valence-electron chi connectivity index (χ1n) is 9.55. The van der Waals surface area contributed by atoms with E-state index in [2.05, 4.69) is 10.6 Å². The molecular formula is C22H25ClN2O5. The molecule has 160 valence electrons. The van der Waals surface area contributed by atoms with Crippen LogP contribution in [0.15, 0.2) is 48.2 Å². The first-order chi connectivity index (χ1) is 14.5. The van der Waals surface area contributed by atoms with Crippen molar-refractivity contribution in [3.8, 4) is 11.5 Å². The number of hydrogen-bond donors (Lipinski definition) is 3. The molecule has 30 heavy (non-hydrogen) atoms. The quantitative estimate of drug-likeness (QED) is 0.501. The number of carbonyl (C=O) groups excluding carboxylic acids is 2. The molecule has 2 aromatic rings. The third kappa shape index (κ3) is 6.79. The van der Waals surface area contributed by atoms with Crippen LogP contribution in [0.1, 0.15) is 29.8 Å². The second-order valence-corrected chi connectivity index (χ2v) is 6.51. The lowest BCUT2D eigenvalue weighted by Gasteiger charge is -2.13. The molecule has 0 aliphatic heterocycles. The average Bonchev–Trinajstić information content (AvgIpc) is 2.74. The summed E-state index contributed by atoms with van der Waals surface area (Å²) in [5.74, 6) is 0.131. The number of aliphatic hydroxyl groups is 1. The van der Waals surface area contributed by atoms with Crippen molar-refractivity contribution in [1.82, 2.24) is 10.6 Å². The van der Waals surface area contributed by atoms with Gasteiger partial charge in [-0.25, -0.2) is 0 Å². The fraction of sp³-hybridized carbons (Fsp3) is 0.273. The van der Waals surface area contributed by atoms with Gasteiger partial charge < -0.3 is 25.2 Å². The highest BCUT2D eigenvalue weighted by atomic mass is 35.5. The fourth-order valence-corrected chi connectivity index (χ4v) is 2.67. The molecule has 0 bridgehead atoms. The molecular weight excluding hydrogens is 408 g/mol. The Balaban J connectivity index is 2.34. The summed E-state index contributed by atoms with van der Waals surface area (Å²) in [5, 5.41) is 14.6. The molecule has 0 atom stereocenters. The van der Waals surface area contributed by atoms with Gasteiger partial charge in [0.25, 0.3) is 11.8 Å². The predicted octanol–water partition coefficient (Wildman–Crippen LogP) is 3.02. The number of halogens is 1. The Hall–Kier alpha value is -3.03. The lowest BCUT2D eigenvalue weighted by Crippen LogP contribution is -2.36. The topological polar surface area (TPSA) is 96.9 Å². The predicted molar refractivity (Wildman–Crippen MR) is 116 cm³/mol. The van der Waals surface area contributed by atoms with Crippen molar-refractivity contribution in [2.75, 3.05) is 26.4 Å². The minimum absolute atomic E-state index is 0.0232. The number of aliphatic hydroxyl groups excluding tert-OH is 1. The van der Waals surface area contributed by atoms with Crippen LogP contribution in [-0.2, 0) is 4.79 Å². The maximum atomic E-state index is 12.6. The highest BCUT2D eigenvalue weighted by Crippen LogP contribution is 2.29. The van der Waals surface area contributed by atoms with Crippen LogP contribution >= 0.6 is 11.6 Å². The zero-order chi connectivity index (χ0) is 21.9. The molecule has 0 aliphatic rings. The van der Waals surface area contributed by atoms with Crippen LogP contribution < -0.4 is 20.1 Å². The molecule has 2 amide bonds. The molecule has 0 spiro atoms. The van der Waals surface area contributed by atoms with Crippen molar-refractivity contribution in [2.24, 2.45) is 0 Å². The zero-order valence-electron chi connectivity index (χ0n) is 16.9. The summed E-state index contributed by atoms with van der Waals surface area (Å²) in [7, 11) is 0. The van der Waals surface area contributed by atoms with Crippen molar-refractivity contribution >= 4 is 29.5 Å². The Morgan fingerprint density at radius 2 is 1.70 bits per heavy atom. The van der Waals surface area contributed by atoms with E-state index in [1.165, 1.54) is 6.08 Å². The molecule has 0 aromatic heterocycles. The Morgan fingerprint density at radius 1 is 1.03 bits per heavy atom. The molecule has 3 N–H and O–H groups in total. The number of hydrogen-bond acceptors (Lipinski definition) is 5. The highest BCUT2D eigenvalue weighted by molar-refractivity contribution is 6.30. The van der Waals surface area contributed by atoms with Gasteiger partial charge in [-0.3, -0.25) is 9.59 Å². The Kier molecular flexibility index (Phi) is 9.18. The minimum Gasteiger partial charge on any atom is -0.490 e. The van der Waals surface area contributed by atoms with E-state index in [1.54, 1.807) is 42.5 Å². The van der Waals surface area contributed by atoms with E-state index in [0.29, 0.717) is 40.9 Å². The molecule has 0 saturated carbocycles. The molecule has 0 radical (unpaired) electrons. The van der Waals surface area contributed by atoms with Gasteiger partial charge in [-0.15, -0.1) is 0 Å². The van der Waals surface area contributed by atoms with Gasteiger partial charge in [0.2, 0.25) is 0 Å². The maximum absolute atomic E-state index is 12.6. The summed E-state index contributed by atoms with van der Waals surface area (Å²) in [5.41, 5.74) is 1.00. The molecule has 0 fully saturated rings. The zero-order valence-corrected chi connectivity index (χ0v) is 17.7. The Bertz CT molecular complexity index is 897. The lowest BCUT2D eigenvalue weighted by atomic mass is 10.1. The number of carbonyl (C=O) groups is 2. The van der Waals surface area contributed by atoms with Crippen LogP contribution in [0.25, 0.3) is 6.08 Å². The second-order valence-electron chi connectivity index (χ2n) is 6.07. The molecule has 2 aromatic carbocycles. The van der Waals surface area contributed by atoms with Crippen LogP contribution in [0.4, 0.5) is 0 Å². The van der Waals surface area contributed by atoms with Gasteiger partial charge >= 0.3 is 0 Å². The normalized spacial score (nSPS) is 11.0. The van der Waals surface area contributed by atoms with E-state index < -0.39 is 11.8 Å². The molecule has 7 nitrogen and oxygen atoms in total. The second kappa shape index (κ2) is 11.8. The number of amides is 2. The van der Waals surface area contributed by atoms with E-state index >= 15 is 0 Å². The van der Waals surface area contributed by atoms with Crippen LogP contribution in [0.5, 0.6) is 11.5 Å². The standard InChI is InChI=1S/C22H25ClN2O5/c1-3-29-19-10-5-15(14-20(19)30-4-2)13-18(22(28)24-11-12-26)25-21(27)16-6-8-17(23)9-7-16/h5-10,13-14,26H,3-4,11-12H2,1-2H3,(H,24,28)(H,25,27)/b18-13+. The largest absolute Gasteiger partial charge is 0.490 e. The summed E-state index contributed by atoms with van der Waals surface area (Å²) in [6.07, 6.45) is 1.53. The van der Waals surface area contributed by atoms with Gasteiger partial charge in [0.05, 0.1) is 19.8 Å². The smallest absolute Gasteiger partial charge is 0.267 e. The van der Waals surface area contributed by atoms with E-state index in [0.717, 1.165) is 0 Å². The number of nitrogens with one attached hydrogen (secondary N) is 2. The van der Waals surface area contributed by atoms with Crippen molar-refractivity contribution in [1.29, 1.82) is 0 Å². The van der Waals surface area contributed by atoms with Crippen molar-refractivity contribution in [3.63, 3.8) is 0 Å². The minimum atomic E-state index is -0.529. The Labute approximate surface area is 180 Å². The summed E-state index contributed by atoms with van der Waals surface area (Å²) < 4.78 is 11.2. The van der Waals surface area contributed by atoms with Crippen LogP contribution in [0.2, 0.25) is 5.02 Å². The molecule has 8 heteroatoms. The first kappa shape index (κ1) is 23.3. The Morgan fingerprint density at radius 3 is 2.33 bits per heavy atom. The third-order valence-electron chi connectivity index (χ3n) is 3.88. The number of benzene rings is 2. The van der Waals surface area contributed by atoms with E-state index in [9.17, 15) is 9.59 Å². The van der Waals surface area contributed by atoms with Gasteiger partial charge in [0.15, 0.2) is 11.5 Å². The third-order valence-corrected chi connectivity index (χ3v) is 4.13. The first-order valence-corrected chi connectivity index (χ1v) is 9.93. The summed E-state index contributed by atoms with van der Waals surface area (Å²) >= 11 is 5.86. The molecule has 0 unspecified atom stereocenters. The van der Waals surface area contributed by atoms with Gasteiger partial charge in [-0.2, -0.15) is 0 Å². The average molecular weight is 433 g/mol. The summed E-state index contributed by atoms with van der Waals surface area (Å²) in [4.78, 5) is 25.1. The SMILES string of the molecule is CCOc1ccc(/C=C(/NC(=O)c2ccc(Cl)cc2)C(=O)NCCO)cc1OCC. The van der Waals surface area contributed by atoms with E-state index in [4.69, 9.17) is 26.2 Å². The molecule has 0 aliphatic carbocycles. The van der Waals surface area contributed by atoms with Crippen molar-refractivity contribution in [3.05, 3.63) is 64.3 Å². The van der Waals surface area contributed by atoms with Crippen molar-refractivity contribution in [2.45, 2.75) is 13.8 Å². The lowest BCUT2D eigenvalue weighted by molar-refractivity contribution is -0.117. The highest BCUT2D eigenvalue weighted by Gasteiger charge is 2.15. The van der Waals surface area contributed by atoms with Gasteiger partial charge in [0, 0.05) is 17.1 Å². The van der Waals surface area contributed by atoms with Crippen molar-refractivity contribution < 1.29 is 24.2 Å². The van der Waals surface area contributed by atoms with Gasteiger partial charge in [-0.05, 0) is 61.9 Å². The molecule has 0 saturated heterocycles. The monoisotopic (exact) mass is 432 g/mol. The van der Waals surface area contributed by atoms with Gasteiger partial charge in [-0.1, -0.05) is 17.7 Å². The summed E-state index contributed by atoms with van der Waals surface area (Å²) in [6, 6.07) is 11.5. The number of ether oxygens (including phenoxy) is 2. The van der Waals surface area contributed by atoms with E-state index in [-0.39, 0.29) is 18.8 Å². The maximum Gasteiger partial charge on any atom is 0.267 e. The van der Waals surface area contributed by atoms with Crippen LogP contribution in [-0.4, -0.2) is 43.3 Å². The van der Waals surface area contributed by atoms with Gasteiger partial charge in [0.1, 0.15) is 5.70 Å². The summed E-state index contributed by atoms with van der Waals surface area (Å²) in [6.45, 7) is 4.51. The fourth-order valence-electron chi connectivity index (χ4n) is 2.54. The molecule has 2 rings (SSSR count). The van der Waals surface area contributed by atoms with Crippen LogP contribution in [0, 0.1) is 0 Å². The molecule has 0 heterocycles. The number of rotatable bonds is 10.